The molecule has 0 saturated heterocycles. The van der Waals surface area contributed by atoms with Crippen molar-refractivity contribution in [2.24, 2.45) is 0 Å². The lowest BCUT2D eigenvalue weighted by atomic mass is 10.2. The minimum Gasteiger partial charge on any atom is -0.308 e. The summed E-state index contributed by atoms with van der Waals surface area (Å²) in [6.45, 7) is 2.99. The van der Waals surface area contributed by atoms with E-state index < -0.39 is 0 Å². The average Bonchev–Trinajstić information content (AvgIpc) is 3.05. The van der Waals surface area contributed by atoms with Gasteiger partial charge in [-0.25, -0.2) is 4.98 Å². The molecule has 0 atom stereocenters. The van der Waals surface area contributed by atoms with E-state index in [9.17, 15) is 0 Å². The Kier molecular flexibility index (Phi) is 3.50. The Morgan fingerprint density at radius 1 is 1.44 bits per heavy atom. The average molecular weight is 323 g/mol. The van der Waals surface area contributed by atoms with Gasteiger partial charge >= 0.3 is 0 Å². The summed E-state index contributed by atoms with van der Waals surface area (Å²) in [5.41, 5.74) is 3.59. The Hall–Kier alpha value is -0.710. The van der Waals surface area contributed by atoms with Crippen LogP contribution in [0, 0.1) is 6.92 Å². The lowest BCUT2D eigenvalue weighted by Crippen LogP contribution is -2.15. The summed E-state index contributed by atoms with van der Waals surface area (Å²) in [5.74, 6) is 0. The minimum absolute atomic E-state index is 0.737. The second-order valence-corrected chi connectivity index (χ2v) is 6.49. The van der Waals surface area contributed by atoms with Crippen LogP contribution in [-0.2, 0) is 6.54 Å². The van der Waals surface area contributed by atoms with Crippen LogP contribution in [0.15, 0.2) is 28.1 Å². The molecule has 1 heterocycles. The van der Waals surface area contributed by atoms with E-state index in [1.807, 2.05) is 0 Å². The van der Waals surface area contributed by atoms with Crippen molar-refractivity contribution >= 4 is 27.3 Å². The van der Waals surface area contributed by atoms with Crippen LogP contribution in [0.3, 0.4) is 0 Å². The first kappa shape index (κ1) is 12.3. The summed E-state index contributed by atoms with van der Waals surface area (Å²) in [4.78, 5) is 4.70. The van der Waals surface area contributed by atoms with E-state index in [1.54, 1.807) is 11.3 Å². The summed E-state index contributed by atoms with van der Waals surface area (Å²) in [6, 6.07) is 7.14. The molecular weight excluding hydrogens is 308 g/mol. The number of nitrogens with one attached hydrogen (secondary N) is 1. The third kappa shape index (κ3) is 2.82. The Bertz CT molecular complexity index is 561. The highest BCUT2D eigenvalue weighted by atomic mass is 79.9. The molecule has 3 rings (SSSR count). The lowest BCUT2D eigenvalue weighted by Gasteiger charge is -2.02. The quantitative estimate of drug-likeness (QED) is 0.915. The van der Waals surface area contributed by atoms with Crippen LogP contribution < -0.4 is 5.32 Å². The van der Waals surface area contributed by atoms with Gasteiger partial charge in [-0.1, -0.05) is 28.1 Å². The van der Waals surface area contributed by atoms with Crippen LogP contribution in [-0.4, -0.2) is 11.0 Å². The van der Waals surface area contributed by atoms with Crippen molar-refractivity contribution in [2.45, 2.75) is 32.4 Å². The van der Waals surface area contributed by atoms with Crippen LogP contribution in [0.5, 0.6) is 0 Å². The van der Waals surface area contributed by atoms with Gasteiger partial charge in [-0.15, -0.1) is 11.3 Å². The van der Waals surface area contributed by atoms with Gasteiger partial charge in [0.2, 0.25) is 0 Å². The summed E-state index contributed by atoms with van der Waals surface area (Å²) < 4.78 is 1.12. The van der Waals surface area contributed by atoms with Crippen molar-refractivity contribution in [2.75, 3.05) is 0 Å². The Morgan fingerprint density at radius 3 is 3.00 bits per heavy atom. The molecule has 0 radical (unpaired) electrons. The van der Waals surface area contributed by atoms with Gasteiger partial charge in [0.1, 0.15) is 5.01 Å². The third-order valence-electron chi connectivity index (χ3n) is 3.06. The molecule has 94 valence electrons. The standard InChI is InChI=1S/C14H15BrN2S/c1-9-2-5-12(13(15)6-9)14-17-11(8-18-14)7-16-10-3-4-10/h2,5-6,8,10,16H,3-4,7H2,1H3. The zero-order valence-corrected chi connectivity index (χ0v) is 12.6. The monoisotopic (exact) mass is 322 g/mol. The normalized spacial score (nSPS) is 15.0. The summed E-state index contributed by atoms with van der Waals surface area (Å²) in [5, 5.41) is 6.74. The van der Waals surface area contributed by atoms with E-state index in [0.717, 1.165) is 27.8 Å². The molecule has 1 N–H and O–H groups in total. The predicted molar refractivity (Wildman–Crippen MR) is 79.8 cm³/mol. The zero-order chi connectivity index (χ0) is 12.5. The lowest BCUT2D eigenvalue weighted by molar-refractivity contribution is 0.678. The van der Waals surface area contributed by atoms with E-state index in [1.165, 1.54) is 24.0 Å². The van der Waals surface area contributed by atoms with Gasteiger partial charge in [-0.05, 0) is 31.4 Å². The van der Waals surface area contributed by atoms with Crippen molar-refractivity contribution in [3.05, 3.63) is 39.3 Å². The van der Waals surface area contributed by atoms with Gasteiger partial charge in [-0.2, -0.15) is 0 Å². The van der Waals surface area contributed by atoms with Crippen molar-refractivity contribution < 1.29 is 0 Å². The highest BCUT2D eigenvalue weighted by molar-refractivity contribution is 9.10. The van der Waals surface area contributed by atoms with Gasteiger partial charge in [0.15, 0.2) is 0 Å². The highest BCUT2D eigenvalue weighted by Gasteiger charge is 2.20. The highest BCUT2D eigenvalue weighted by Crippen LogP contribution is 2.31. The molecule has 1 aromatic heterocycles. The van der Waals surface area contributed by atoms with Crippen molar-refractivity contribution in [1.82, 2.24) is 10.3 Å². The molecule has 1 saturated carbocycles. The van der Waals surface area contributed by atoms with Gasteiger partial charge < -0.3 is 5.32 Å². The summed E-state index contributed by atoms with van der Waals surface area (Å²) >= 11 is 5.33. The van der Waals surface area contributed by atoms with Crippen molar-refractivity contribution in [1.29, 1.82) is 0 Å². The zero-order valence-electron chi connectivity index (χ0n) is 10.2. The first-order valence-corrected chi connectivity index (χ1v) is 7.84. The SMILES string of the molecule is Cc1ccc(-c2nc(CNC3CC3)cs2)c(Br)c1. The fraction of sp³-hybridized carbons (Fsp3) is 0.357. The Morgan fingerprint density at radius 2 is 2.28 bits per heavy atom. The number of benzene rings is 1. The molecule has 4 heteroatoms. The number of hydrogen-bond donors (Lipinski definition) is 1. The van der Waals surface area contributed by atoms with E-state index in [2.05, 4.69) is 51.7 Å². The molecule has 0 bridgehead atoms. The minimum atomic E-state index is 0.737. The van der Waals surface area contributed by atoms with Crippen LogP contribution in [0.4, 0.5) is 0 Å². The largest absolute Gasteiger partial charge is 0.308 e. The summed E-state index contributed by atoms with van der Waals surface area (Å²) in [7, 11) is 0. The maximum atomic E-state index is 4.70. The molecule has 2 aromatic rings. The van der Waals surface area contributed by atoms with Crippen LogP contribution in [0.1, 0.15) is 24.1 Å². The van der Waals surface area contributed by atoms with Crippen molar-refractivity contribution in [3.63, 3.8) is 0 Å². The van der Waals surface area contributed by atoms with Crippen LogP contribution in [0.2, 0.25) is 0 Å². The van der Waals surface area contributed by atoms with Gasteiger partial charge in [0.25, 0.3) is 0 Å². The first-order valence-electron chi connectivity index (χ1n) is 6.17. The number of hydrogen-bond acceptors (Lipinski definition) is 3. The van der Waals surface area contributed by atoms with Crippen molar-refractivity contribution in [3.8, 4) is 10.6 Å². The second-order valence-electron chi connectivity index (χ2n) is 4.78. The fourth-order valence-corrected chi connectivity index (χ4v) is 3.51. The molecular formula is C14H15BrN2S. The number of rotatable bonds is 4. The third-order valence-corrected chi connectivity index (χ3v) is 4.64. The number of nitrogens with zero attached hydrogens (tertiary/aromatic N) is 1. The maximum Gasteiger partial charge on any atom is 0.124 e. The second kappa shape index (κ2) is 5.11. The fourth-order valence-electron chi connectivity index (χ4n) is 1.84. The van der Waals surface area contributed by atoms with Crippen LogP contribution in [0.25, 0.3) is 10.6 Å². The maximum absolute atomic E-state index is 4.70. The molecule has 1 aromatic carbocycles. The predicted octanol–water partition coefficient (Wildman–Crippen LogP) is 4.13. The molecule has 0 amide bonds. The van der Waals surface area contributed by atoms with E-state index in [4.69, 9.17) is 4.98 Å². The van der Waals surface area contributed by atoms with E-state index >= 15 is 0 Å². The van der Waals surface area contributed by atoms with E-state index in [-0.39, 0.29) is 0 Å². The Labute approximate surface area is 120 Å². The summed E-state index contributed by atoms with van der Waals surface area (Å²) in [6.07, 6.45) is 2.64. The number of halogens is 1. The molecule has 1 aliphatic carbocycles. The van der Waals surface area contributed by atoms with Crippen LogP contribution >= 0.6 is 27.3 Å². The Balaban J connectivity index is 1.78. The molecule has 2 nitrogen and oxygen atoms in total. The van der Waals surface area contributed by atoms with E-state index in [0.29, 0.717) is 0 Å². The number of aromatic nitrogens is 1. The molecule has 0 aliphatic heterocycles. The molecule has 18 heavy (non-hydrogen) atoms. The van der Waals surface area contributed by atoms with Gasteiger partial charge in [0.05, 0.1) is 5.69 Å². The molecule has 0 unspecified atom stereocenters. The molecule has 1 aliphatic rings. The molecule has 1 fully saturated rings. The van der Waals surface area contributed by atoms with Gasteiger partial charge in [-0.3, -0.25) is 0 Å². The molecule has 0 spiro atoms. The topological polar surface area (TPSA) is 24.9 Å². The number of aryl methyl sites for hydroxylation is 1. The number of thiazole rings is 1. The smallest absolute Gasteiger partial charge is 0.124 e. The van der Waals surface area contributed by atoms with Gasteiger partial charge in [0, 0.05) is 28.0 Å². The first-order chi connectivity index (χ1) is 8.72.